The third-order valence-electron chi connectivity index (χ3n) is 4.14. The van der Waals surface area contributed by atoms with Crippen LogP contribution in [0.4, 0.5) is 4.79 Å². The number of fused-ring (bicyclic) bond motifs is 1. The minimum atomic E-state index is 0.133. The number of likely N-dealkylation sites (tertiary alicyclic amines) is 1. The van der Waals surface area contributed by atoms with Gasteiger partial charge in [-0.15, -0.1) is 0 Å². The minimum Gasteiger partial charge on any atom is -0.497 e. The number of benzene rings is 1. The lowest BCUT2D eigenvalue weighted by atomic mass is 10.1. The number of nitrogens with zero attached hydrogens (tertiary/aromatic N) is 2. The van der Waals surface area contributed by atoms with Crippen molar-refractivity contribution in [3.8, 4) is 11.5 Å². The van der Waals surface area contributed by atoms with Crippen molar-refractivity contribution in [1.82, 2.24) is 9.80 Å². The second-order valence-electron chi connectivity index (χ2n) is 5.57. The molecule has 2 amide bonds. The monoisotopic (exact) mass is 290 g/mol. The highest BCUT2D eigenvalue weighted by molar-refractivity contribution is 5.74. The van der Waals surface area contributed by atoms with Crippen molar-refractivity contribution in [2.75, 3.05) is 33.4 Å². The molecule has 5 nitrogen and oxygen atoms in total. The first-order chi connectivity index (χ1) is 10.3. The van der Waals surface area contributed by atoms with Gasteiger partial charge < -0.3 is 19.3 Å². The minimum absolute atomic E-state index is 0.133. The molecule has 3 rings (SSSR count). The molecule has 0 N–H and O–H groups in total. The van der Waals surface area contributed by atoms with Gasteiger partial charge in [-0.2, -0.15) is 0 Å². The molecule has 0 aliphatic carbocycles. The summed E-state index contributed by atoms with van der Waals surface area (Å²) in [5.41, 5.74) is 1.01. The van der Waals surface area contributed by atoms with Crippen LogP contribution in [0.1, 0.15) is 24.8 Å². The molecule has 0 aromatic heterocycles. The average molecular weight is 290 g/mol. The van der Waals surface area contributed by atoms with E-state index in [0.29, 0.717) is 19.7 Å². The van der Waals surface area contributed by atoms with Gasteiger partial charge in [0, 0.05) is 18.7 Å². The number of hydrogen-bond donors (Lipinski definition) is 0. The Kier molecular flexibility index (Phi) is 4.18. The smallest absolute Gasteiger partial charge is 0.320 e. The van der Waals surface area contributed by atoms with E-state index in [9.17, 15) is 4.79 Å². The molecule has 2 aliphatic rings. The molecule has 0 radical (unpaired) electrons. The maximum Gasteiger partial charge on any atom is 0.320 e. The molecule has 0 spiro atoms. The van der Waals surface area contributed by atoms with Gasteiger partial charge >= 0.3 is 6.03 Å². The standard InChI is InChI=1S/C16H22N2O3/c1-20-14-5-6-15-13(11-14)12-18(9-10-21-15)16(19)17-7-3-2-4-8-17/h5-6,11H,2-4,7-10,12H2,1H3. The Morgan fingerprint density at radius 3 is 2.71 bits per heavy atom. The predicted octanol–water partition coefficient (Wildman–Crippen LogP) is 2.50. The largest absolute Gasteiger partial charge is 0.497 e. The summed E-state index contributed by atoms with van der Waals surface area (Å²) in [5, 5.41) is 0. The van der Waals surface area contributed by atoms with Gasteiger partial charge in [0.1, 0.15) is 18.1 Å². The molecule has 21 heavy (non-hydrogen) atoms. The van der Waals surface area contributed by atoms with E-state index in [1.54, 1.807) is 7.11 Å². The fourth-order valence-corrected chi connectivity index (χ4v) is 2.95. The van der Waals surface area contributed by atoms with Crippen molar-refractivity contribution < 1.29 is 14.3 Å². The van der Waals surface area contributed by atoms with Crippen LogP contribution >= 0.6 is 0 Å². The second-order valence-corrected chi connectivity index (χ2v) is 5.57. The van der Waals surface area contributed by atoms with Gasteiger partial charge in [0.25, 0.3) is 0 Å². The molecular formula is C16H22N2O3. The Bertz CT molecular complexity index is 512. The van der Waals surface area contributed by atoms with Crippen molar-refractivity contribution in [3.63, 3.8) is 0 Å². The van der Waals surface area contributed by atoms with E-state index in [0.717, 1.165) is 43.0 Å². The van der Waals surface area contributed by atoms with Gasteiger partial charge in [-0.1, -0.05) is 0 Å². The van der Waals surface area contributed by atoms with Crippen molar-refractivity contribution in [2.45, 2.75) is 25.8 Å². The van der Waals surface area contributed by atoms with Gasteiger partial charge in [0.2, 0.25) is 0 Å². The molecule has 114 valence electrons. The molecule has 1 aromatic rings. The summed E-state index contributed by atoms with van der Waals surface area (Å²) in [4.78, 5) is 16.5. The van der Waals surface area contributed by atoms with Crippen LogP contribution < -0.4 is 9.47 Å². The Morgan fingerprint density at radius 1 is 1.14 bits per heavy atom. The van der Waals surface area contributed by atoms with Crippen LogP contribution in [-0.2, 0) is 6.54 Å². The number of methoxy groups -OCH3 is 1. The quantitative estimate of drug-likeness (QED) is 0.798. The Hall–Kier alpha value is -1.91. The van der Waals surface area contributed by atoms with Gasteiger partial charge in [-0.05, 0) is 37.5 Å². The molecule has 1 fully saturated rings. The fourth-order valence-electron chi connectivity index (χ4n) is 2.95. The molecule has 1 aromatic carbocycles. The number of hydrogen-bond acceptors (Lipinski definition) is 3. The molecule has 2 aliphatic heterocycles. The van der Waals surface area contributed by atoms with E-state index in [2.05, 4.69) is 0 Å². The molecular weight excluding hydrogens is 268 g/mol. The third-order valence-corrected chi connectivity index (χ3v) is 4.14. The maximum absolute atomic E-state index is 12.6. The second kappa shape index (κ2) is 6.24. The van der Waals surface area contributed by atoms with Gasteiger partial charge in [-0.3, -0.25) is 0 Å². The zero-order chi connectivity index (χ0) is 14.7. The lowest BCUT2D eigenvalue weighted by Crippen LogP contribution is -2.45. The molecule has 0 unspecified atom stereocenters. The summed E-state index contributed by atoms with van der Waals surface area (Å²) >= 11 is 0. The van der Waals surface area contributed by atoms with Crippen LogP contribution in [0.15, 0.2) is 18.2 Å². The van der Waals surface area contributed by atoms with Crippen molar-refractivity contribution in [3.05, 3.63) is 23.8 Å². The normalized spacial score (nSPS) is 18.5. The molecule has 0 saturated carbocycles. The Labute approximate surface area is 125 Å². The Morgan fingerprint density at radius 2 is 1.95 bits per heavy atom. The summed E-state index contributed by atoms with van der Waals surface area (Å²) in [7, 11) is 1.65. The van der Waals surface area contributed by atoms with E-state index in [4.69, 9.17) is 9.47 Å². The summed E-state index contributed by atoms with van der Waals surface area (Å²) in [6.07, 6.45) is 3.45. The van der Waals surface area contributed by atoms with Crippen molar-refractivity contribution in [2.24, 2.45) is 0 Å². The first-order valence-corrected chi connectivity index (χ1v) is 7.61. The zero-order valence-electron chi connectivity index (χ0n) is 12.5. The molecule has 5 heteroatoms. The highest BCUT2D eigenvalue weighted by atomic mass is 16.5. The van der Waals surface area contributed by atoms with Gasteiger partial charge in [0.05, 0.1) is 20.2 Å². The predicted molar refractivity (Wildman–Crippen MR) is 79.7 cm³/mol. The van der Waals surface area contributed by atoms with Crippen LogP contribution in [-0.4, -0.2) is 49.2 Å². The molecule has 1 saturated heterocycles. The first-order valence-electron chi connectivity index (χ1n) is 7.61. The van der Waals surface area contributed by atoms with E-state index < -0.39 is 0 Å². The molecule has 2 heterocycles. The summed E-state index contributed by atoms with van der Waals surface area (Å²) in [6.45, 7) is 3.51. The number of piperidine rings is 1. The Balaban J connectivity index is 1.76. The zero-order valence-corrected chi connectivity index (χ0v) is 12.5. The maximum atomic E-state index is 12.6. The summed E-state index contributed by atoms with van der Waals surface area (Å²) in [5.74, 6) is 1.65. The van der Waals surface area contributed by atoms with Crippen LogP contribution in [0.2, 0.25) is 0 Å². The lowest BCUT2D eigenvalue weighted by Gasteiger charge is -2.32. The van der Waals surface area contributed by atoms with Gasteiger partial charge in [-0.25, -0.2) is 4.79 Å². The van der Waals surface area contributed by atoms with Crippen molar-refractivity contribution >= 4 is 6.03 Å². The van der Waals surface area contributed by atoms with E-state index in [1.165, 1.54) is 6.42 Å². The van der Waals surface area contributed by atoms with Crippen LogP contribution in [0.3, 0.4) is 0 Å². The number of rotatable bonds is 1. The van der Waals surface area contributed by atoms with Gasteiger partial charge in [0.15, 0.2) is 0 Å². The highest BCUT2D eigenvalue weighted by Gasteiger charge is 2.25. The number of amides is 2. The first kappa shape index (κ1) is 14.0. The average Bonchev–Trinajstić information content (AvgIpc) is 2.76. The molecule has 0 bridgehead atoms. The van der Waals surface area contributed by atoms with E-state index in [-0.39, 0.29) is 6.03 Å². The number of carbonyl (C=O) groups excluding carboxylic acids is 1. The van der Waals surface area contributed by atoms with Crippen LogP contribution in [0, 0.1) is 0 Å². The van der Waals surface area contributed by atoms with E-state index >= 15 is 0 Å². The molecule has 0 atom stereocenters. The van der Waals surface area contributed by atoms with Crippen LogP contribution in [0.25, 0.3) is 0 Å². The topological polar surface area (TPSA) is 42.0 Å². The fraction of sp³-hybridized carbons (Fsp3) is 0.562. The lowest BCUT2D eigenvalue weighted by molar-refractivity contribution is 0.137. The summed E-state index contributed by atoms with van der Waals surface area (Å²) < 4.78 is 11.0. The number of carbonyl (C=O) groups is 1. The summed E-state index contributed by atoms with van der Waals surface area (Å²) in [6, 6.07) is 5.90. The highest BCUT2D eigenvalue weighted by Crippen LogP contribution is 2.28. The SMILES string of the molecule is COc1ccc2c(c1)CN(C(=O)N1CCCCC1)CCO2. The van der Waals surface area contributed by atoms with E-state index in [1.807, 2.05) is 28.0 Å². The number of ether oxygens (including phenoxy) is 2. The van der Waals surface area contributed by atoms with Crippen molar-refractivity contribution in [1.29, 1.82) is 0 Å². The number of urea groups is 1. The third kappa shape index (κ3) is 3.06. The van der Waals surface area contributed by atoms with Crippen LogP contribution in [0.5, 0.6) is 11.5 Å².